The Morgan fingerprint density at radius 3 is 2.48 bits per heavy atom. The molecular formula is C18H27ClO2. The summed E-state index contributed by atoms with van der Waals surface area (Å²) in [5.74, 6) is 0.825. The molecule has 118 valence electrons. The van der Waals surface area contributed by atoms with Crippen LogP contribution < -0.4 is 4.74 Å². The first-order chi connectivity index (χ1) is 10.1. The maximum absolute atomic E-state index is 12.0. The Morgan fingerprint density at radius 1 is 1.14 bits per heavy atom. The van der Waals surface area contributed by atoms with Crippen LogP contribution in [-0.2, 0) is 4.79 Å². The van der Waals surface area contributed by atoms with E-state index < -0.39 is 6.10 Å². The lowest BCUT2D eigenvalue weighted by atomic mass is 10.1. The lowest BCUT2D eigenvalue weighted by molar-refractivity contribution is -0.125. The third-order valence-electron chi connectivity index (χ3n) is 3.59. The van der Waals surface area contributed by atoms with Crippen LogP contribution in [0.4, 0.5) is 0 Å². The molecular weight excluding hydrogens is 284 g/mol. The number of Topliss-reactive ketones (excluding diaryl/α,β-unsaturated/α-hetero) is 1. The maximum atomic E-state index is 12.0. The highest BCUT2D eigenvalue weighted by molar-refractivity contribution is 6.30. The zero-order valence-corrected chi connectivity index (χ0v) is 14.0. The standard InChI is InChI=1S/C18H27ClO2/c1-3-4-5-6-7-8-9-13-18(20)15(2)21-17-12-10-11-16(19)14-17/h10-12,14-15H,3-9,13H2,1-2H3. The van der Waals surface area contributed by atoms with Crippen LogP contribution in [0.1, 0.15) is 65.2 Å². The number of ether oxygens (including phenoxy) is 1. The Labute approximate surface area is 133 Å². The molecule has 0 spiro atoms. The van der Waals surface area contributed by atoms with Crippen molar-refractivity contribution in [2.75, 3.05) is 0 Å². The molecule has 2 nitrogen and oxygen atoms in total. The Bertz CT molecular complexity index is 417. The van der Waals surface area contributed by atoms with Gasteiger partial charge in [0.2, 0.25) is 0 Å². The second-order valence-corrected chi connectivity index (χ2v) is 5.99. The highest BCUT2D eigenvalue weighted by atomic mass is 35.5. The third-order valence-corrected chi connectivity index (χ3v) is 3.82. The molecule has 0 bridgehead atoms. The van der Waals surface area contributed by atoms with Gasteiger partial charge < -0.3 is 4.74 Å². The number of carbonyl (C=O) groups excluding carboxylic acids is 1. The van der Waals surface area contributed by atoms with Gasteiger partial charge in [0.1, 0.15) is 5.75 Å². The van der Waals surface area contributed by atoms with Crippen molar-refractivity contribution in [2.24, 2.45) is 0 Å². The zero-order valence-electron chi connectivity index (χ0n) is 13.2. The summed E-state index contributed by atoms with van der Waals surface area (Å²) in [6.45, 7) is 4.03. The van der Waals surface area contributed by atoms with Gasteiger partial charge in [0.25, 0.3) is 0 Å². The van der Waals surface area contributed by atoms with Gasteiger partial charge in [-0.1, -0.05) is 63.1 Å². The van der Waals surface area contributed by atoms with Gasteiger partial charge >= 0.3 is 0 Å². The van der Waals surface area contributed by atoms with E-state index in [1.54, 1.807) is 12.1 Å². The molecule has 0 amide bonds. The fourth-order valence-corrected chi connectivity index (χ4v) is 2.45. The Kier molecular flexibility index (Phi) is 9.16. The summed E-state index contributed by atoms with van der Waals surface area (Å²) in [5.41, 5.74) is 0. The lowest BCUT2D eigenvalue weighted by Gasteiger charge is -2.13. The molecule has 0 radical (unpaired) electrons. The minimum absolute atomic E-state index is 0.170. The molecule has 0 aliphatic rings. The number of unbranched alkanes of at least 4 members (excludes halogenated alkanes) is 6. The first kappa shape index (κ1) is 18.0. The molecule has 1 rings (SSSR count). The van der Waals surface area contributed by atoms with Crippen LogP contribution in [0.25, 0.3) is 0 Å². The average Bonchev–Trinajstić information content (AvgIpc) is 2.46. The molecule has 0 aliphatic heterocycles. The Balaban J connectivity index is 2.16. The van der Waals surface area contributed by atoms with Crippen molar-refractivity contribution in [3.8, 4) is 5.75 Å². The fraction of sp³-hybridized carbons (Fsp3) is 0.611. The van der Waals surface area contributed by atoms with Gasteiger partial charge in [-0.25, -0.2) is 0 Å². The molecule has 0 saturated carbocycles. The molecule has 1 atom stereocenters. The lowest BCUT2D eigenvalue weighted by Crippen LogP contribution is -2.23. The Morgan fingerprint density at radius 2 is 1.81 bits per heavy atom. The van der Waals surface area contributed by atoms with Gasteiger partial charge in [0, 0.05) is 11.4 Å². The van der Waals surface area contributed by atoms with Crippen LogP contribution in [-0.4, -0.2) is 11.9 Å². The largest absolute Gasteiger partial charge is 0.483 e. The summed E-state index contributed by atoms with van der Waals surface area (Å²) in [6, 6.07) is 7.17. The van der Waals surface area contributed by atoms with E-state index in [9.17, 15) is 4.79 Å². The van der Waals surface area contributed by atoms with Crippen LogP contribution >= 0.6 is 11.6 Å². The summed E-state index contributed by atoms with van der Waals surface area (Å²) in [4.78, 5) is 12.0. The first-order valence-electron chi connectivity index (χ1n) is 8.08. The van der Waals surface area contributed by atoms with Crippen molar-refractivity contribution in [2.45, 2.75) is 71.3 Å². The van der Waals surface area contributed by atoms with Gasteiger partial charge in [-0.3, -0.25) is 4.79 Å². The predicted octanol–water partition coefficient (Wildman–Crippen LogP) is 5.82. The average molecular weight is 311 g/mol. The van der Waals surface area contributed by atoms with E-state index in [0.717, 1.165) is 12.8 Å². The number of carbonyl (C=O) groups is 1. The summed E-state index contributed by atoms with van der Waals surface area (Å²) in [7, 11) is 0. The molecule has 21 heavy (non-hydrogen) atoms. The summed E-state index contributed by atoms with van der Waals surface area (Å²) < 4.78 is 5.63. The van der Waals surface area contributed by atoms with E-state index >= 15 is 0 Å². The fourth-order valence-electron chi connectivity index (χ4n) is 2.27. The molecule has 3 heteroatoms. The van der Waals surface area contributed by atoms with E-state index in [0.29, 0.717) is 17.2 Å². The molecule has 0 aromatic heterocycles. The van der Waals surface area contributed by atoms with Gasteiger partial charge in [0.15, 0.2) is 11.9 Å². The van der Waals surface area contributed by atoms with Crippen LogP contribution in [0, 0.1) is 0 Å². The van der Waals surface area contributed by atoms with Crippen LogP contribution in [0.3, 0.4) is 0 Å². The number of rotatable bonds is 11. The monoisotopic (exact) mass is 310 g/mol. The van der Waals surface area contributed by atoms with Gasteiger partial charge in [-0.05, 0) is 31.5 Å². The Hall–Kier alpha value is -1.02. The minimum atomic E-state index is -0.399. The number of ketones is 1. The number of halogens is 1. The quantitative estimate of drug-likeness (QED) is 0.481. The number of benzene rings is 1. The molecule has 1 aromatic rings. The minimum Gasteiger partial charge on any atom is -0.483 e. The second kappa shape index (κ2) is 10.7. The van der Waals surface area contributed by atoms with E-state index in [-0.39, 0.29) is 5.78 Å². The predicted molar refractivity (Wildman–Crippen MR) is 89.2 cm³/mol. The molecule has 1 unspecified atom stereocenters. The van der Waals surface area contributed by atoms with Crippen molar-refractivity contribution in [1.82, 2.24) is 0 Å². The second-order valence-electron chi connectivity index (χ2n) is 5.56. The van der Waals surface area contributed by atoms with Gasteiger partial charge in [0.05, 0.1) is 0 Å². The summed E-state index contributed by atoms with van der Waals surface area (Å²) in [5, 5.41) is 0.624. The highest BCUT2D eigenvalue weighted by Gasteiger charge is 2.14. The van der Waals surface area contributed by atoms with Crippen molar-refractivity contribution in [1.29, 1.82) is 0 Å². The van der Waals surface area contributed by atoms with Crippen molar-refractivity contribution < 1.29 is 9.53 Å². The normalized spacial score (nSPS) is 12.1. The van der Waals surface area contributed by atoms with E-state index in [4.69, 9.17) is 16.3 Å². The molecule has 0 heterocycles. The summed E-state index contributed by atoms with van der Waals surface area (Å²) >= 11 is 5.90. The SMILES string of the molecule is CCCCCCCCCC(=O)C(C)Oc1cccc(Cl)c1. The van der Waals surface area contributed by atoms with Crippen molar-refractivity contribution >= 4 is 17.4 Å². The van der Waals surface area contributed by atoms with Crippen LogP contribution in [0.15, 0.2) is 24.3 Å². The van der Waals surface area contributed by atoms with Crippen molar-refractivity contribution in [3.63, 3.8) is 0 Å². The molecule has 0 N–H and O–H groups in total. The van der Waals surface area contributed by atoms with Gasteiger partial charge in [-0.15, -0.1) is 0 Å². The van der Waals surface area contributed by atoms with Crippen LogP contribution in [0.2, 0.25) is 5.02 Å². The zero-order chi connectivity index (χ0) is 15.5. The van der Waals surface area contributed by atoms with Crippen LogP contribution in [0.5, 0.6) is 5.75 Å². The highest BCUT2D eigenvalue weighted by Crippen LogP contribution is 2.19. The first-order valence-corrected chi connectivity index (χ1v) is 8.46. The van der Waals surface area contributed by atoms with E-state index in [1.165, 1.54) is 32.1 Å². The topological polar surface area (TPSA) is 26.3 Å². The smallest absolute Gasteiger partial charge is 0.172 e. The summed E-state index contributed by atoms with van der Waals surface area (Å²) in [6.07, 6.45) is 8.75. The number of hydrogen-bond acceptors (Lipinski definition) is 2. The van der Waals surface area contributed by atoms with Gasteiger partial charge in [-0.2, -0.15) is 0 Å². The van der Waals surface area contributed by atoms with Crippen molar-refractivity contribution in [3.05, 3.63) is 29.3 Å². The molecule has 0 saturated heterocycles. The van der Waals surface area contributed by atoms with E-state index in [2.05, 4.69) is 6.92 Å². The maximum Gasteiger partial charge on any atom is 0.172 e. The van der Waals surface area contributed by atoms with E-state index in [1.807, 2.05) is 19.1 Å². The number of hydrogen-bond donors (Lipinski definition) is 0. The molecule has 0 aliphatic carbocycles. The molecule has 0 fully saturated rings. The third kappa shape index (κ3) is 8.11. The molecule has 1 aromatic carbocycles.